The first-order chi connectivity index (χ1) is 8.72. The summed E-state index contributed by atoms with van der Waals surface area (Å²) in [6.45, 7) is 4.53. The molecule has 0 radical (unpaired) electrons. The van der Waals surface area contributed by atoms with E-state index in [0.29, 0.717) is 12.1 Å². The first kappa shape index (κ1) is 12.8. The number of rotatable bonds is 4. The zero-order chi connectivity index (χ0) is 13.1. The van der Waals surface area contributed by atoms with Crippen molar-refractivity contribution < 1.29 is 0 Å². The molecule has 2 aromatic rings. The van der Waals surface area contributed by atoms with E-state index in [0.717, 1.165) is 23.7 Å². The lowest BCUT2D eigenvalue weighted by molar-refractivity contribution is 0.470. The minimum atomic E-state index is 0.0601. The summed E-state index contributed by atoms with van der Waals surface area (Å²) < 4.78 is 1.91. The van der Waals surface area contributed by atoms with E-state index in [1.807, 2.05) is 34.9 Å². The largest absolute Gasteiger partial charge is 0.326 e. The van der Waals surface area contributed by atoms with Crippen LogP contribution in [0.5, 0.6) is 0 Å². The average molecular weight is 244 g/mol. The normalized spacial score (nSPS) is 11.3. The Labute approximate surface area is 107 Å². The molecule has 0 spiro atoms. The fourth-order valence-electron chi connectivity index (χ4n) is 2.51. The number of para-hydroxylation sites is 1. The highest BCUT2D eigenvalue weighted by Gasteiger charge is 2.14. The summed E-state index contributed by atoms with van der Waals surface area (Å²) in [7, 11) is 0. The van der Waals surface area contributed by atoms with Gasteiger partial charge < -0.3 is 10.3 Å². The highest BCUT2D eigenvalue weighted by molar-refractivity contribution is 5.79. The Morgan fingerprint density at radius 3 is 2.50 bits per heavy atom. The van der Waals surface area contributed by atoms with Crippen LogP contribution in [-0.2, 0) is 6.54 Å². The van der Waals surface area contributed by atoms with E-state index >= 15 is 0 Å². The maximum Gasteiger partial charge on any atom is 0.255 e. The number of aromatic nitrogens is 1. The molecule has 0 saturated carbocycles. The molecule has 0 unspecified atom stereocenters. The van der Waals surface area contributed by atoms with Gasteiger partial charge in [0.1, 0.15) is 0 Å². The second-order valence-corrected chi connectivity index (χ2v) is 4.58. The maximum atomic E-state index is 12.5. The van der Waals surface area contributed by atoms with E-state index in [1.165, 1.54) is 0 Å². The third kappa shape index (κ3) is 2.06. The van der Waals surface area contributed by atoms with Crippen LogP contribution >= 0.6 is 0 Å². The molecule has 0 atom stereocenters. The second-order valence-electron chi connectivity index (χ2n) is 4.58. The van der Waals surface area contributed by atoms with Crippen LogP contribution in [0.25, 0.3) is 10.9 Å². The van der Waals surface area contributed by atoms with Gasteiger partial charge in [-0.15, -0.1) is 0 Å². The van der Waals surface area contributed by atoms with Gasteiger partial charge in [0.05, 0.1) is 5.52 Å². The van der Waals surface area contributed by atoms with Gasteiger partial charge in [-0.2, -0.15) is 0 Å². The molecule has 0 fully saturated rings. The maximum absolute atomic E-state index is 12.5. The van der Waals surface area contributed by atoms with Crippen LogP contribution in [0.3, 0.4) is 0 Å². The number of hydrogen-bond donors (Lipinski definition) is 1. The number of fused-ring (bicyclic) bond motifs is 1. The minimum absolute atomic E-state index is 0.0601. The van der Waals surface area contributed by atoms with Gasteiger partial charge in [-0.25, -0.2) is 0 Å². The standard InChI is InChI=1S/C15H20N2O/c1-3-13(4-2)17-14-8-6-5-7-11(14)9-12(10-16)15(17)18/h5-9,13H,3-4,10,16H2,1-2H3. The van der Waals surface area contributed by atoms with Crippen molar-refractivity contribution in [1.29, 1.82) is 0 Å². The fourth-order valence-corrected chi connectivity index (χ4v) is 2.51. The molecule has 0 bridgehead atoms. The fraction of sp³-hybridized carbons (Fsp3) is 0.400. The van der Waals surface area contributed by atoms with Gasteiger partial charge in [-0.05, 0) is 30.4 Å². The predicted molar refractivity (Wildman–Crippen MR) is 75.7 cm³/mol. The molecule has 3 heteroatoms. The van der Waals surface area contributed by atoms with Gasteiger partial charge in [0.25, 0.3) is 5.56 Å². The third-order valence-corrected chi connectivity index (χ3v) is 3.55. The predicted octanol–water partition coefficient (Wildman–Crippen LogP) is 2.82. The molecule has 0 amide bonds. The Balaban J connectivity index is 2.82. The van der Waals surface area contributed by atoms with Crippen molar-refractivity contribution >= 4 is 10.9 Å². The summed E-state index contributed by atoms with van der Waals surface area (Å²) in [4.78, 5) is 12.5. The van der Waals surface area contributed by atoms with Gasteiger partial charge >= 0.3 is 0 Å². The summed E-state index contributed by atoms with van der Waals surface area (Å²) in [5, 5.41) is 1.09. The summed E-state index contributed by atoms with van der Waals surface area (Å²) in [5.74, 6) is 0. The molecule has 0 aliphatic carbocycles. The molecule has 2 rings (SSSR count). The molecule has 0 saturated heterocycles. The van der Waals surface area contributed by atoms with Crippen LogP contribution in [0.2, 0.25) is 0 Å². The first-order valence-corrected chi connectivity index (χ1v) is 6.56. The van der Waals surface area contributed by atoms with Gasteiger partial charge in [0.2, 0.25) is 0 Å². The van der Waals surface area contributed by atoms with Crippen molar-refractivity contribution in [3.05, 3.63) is 46.2 Å². The number of hydrogen-bond acceptors (Lipinski definition) is 2. The second kappa shape index (κ2) is 5.36. The lowest BCUT2D eigenvalue weighted by Gasteiger charge is -2.20. The summed E-state index contributed by atoms with van der Waals surface area (Å²) in [5.41, 5.74) is 7.44. The zero-order valence-corrected chi connectivity index (χ0v) is 11.0. The van der Waals surface area contributed by atoms with Crippen LogP contribution in [0.1, 0.15) is 38.3 Å². The van der Waals surface area contributed by atoms with Crippen molar-refractivity contribution in [2.45, 2.75) is 39.3 Å². The van der Waals surface area contributed by atoms with Gasteiger partial charge in [0.15, 0.2) is 0 Å². The molecule has 1 aromatic carbocycles. The highest BCUT2D eigenvalue weighted by atomic mass is 16.1. The van der Waals surface area contributed by atoms with Crippen LogP contribution in [0.4, 0.5) is 0 Å². The molecule has 3 nitrogen and oxygen atoms in total. The Bertz CT molecular complexity index is 597. The van der Waals surface area contributed by atoms with Crippen LogP contribution in [-0.4, -0.2) is 4.57 Å². The third-order valence-electron chi connectivity index (χ3n) is 3.55. The lowest BCUT2D eigenvalue weighted by Crippen LogP contribution is -2.28. The van der Waals surface area contributed by atoms with E-state index in [9.17, 15) is 4.79 Å². The van der Waals surface area contributed by atoms with Gasteiger partial charge in [-0.3, -0.25) is 4.79 Å². The topological polar surface area (TPSA) is 48.0 Å². The Morgan fingerprint density at radius 1 is 1.22 bits per heavy atom. The number of pyridine rings is 1. The van der Waals surface area contributed by atoms with Crippen molar-refractivity contribution in [3.63, 3.8) is 0 Å². The molecule has 1 heterocycles. The average Bonchev–Trinajstić information content (AvgIpc) is 2.42. The molecule has 0 aliphatic heterocycles. The smallest absolute Gasteiger partial charge is 0.255 e. The molecular weight excluding hydrogens is 224 g/mol. The number of benzene rings is 1. The summed E-state index contributed by atoms with van der Waals surface area (Å²) in [6, 6.07) is 10.2. The SMILES string of the molecule is CCC(CC)n1c(=O)c(CN)cc2ccccc21. The van der Waals surface area contributed by atoms with Crippen LogP contribution in [0.15, 0.2) is 35.1 Å². The summed E-state index contributed by atoms with van der Waals surface area (Å²) in [6.07, 6.45) is 1.91. The van der Waals surface area contributed by atoms with Crippen LogP contribution in [0, 0.1) is 0 Å². The van der Waals surface area contributed by atoms with Crippen molar-refractivity contribution in [1.82, 2.24) is 4.57 Å². The Morgan fingerprint density at radius 2 is 1.89 bits per heavy atom. The monoisotopic (exact) mass is 244 g/mol. The van der Waals surface area contributed by atoms with E-state index in [4.69, 9.17) is 5.73 Å². The number of nitrogens with zero attached hydrogens (tertiary/aromatic N) is 1. The molecule has 0 aliphatic rings. The first-order valence-electron chi connectivity index (χ1n) is 6.56. The molecule has 18 heavy (non-hydrogen) atoms. The molecule has 2 N–H and O–H groups in total. The molecular formula is C15H20N2O. The van der Waals surface area contributed by atoms with Gasteiger partial charge in [-0.1, -0.05) is 32.0 Å². The van der Waals surface area contributed by atoms with E-state index in [-0.39, 0.29) is 11.6 Å². The van der Waals surface area contributed by atoms with Crippen molar-refractivity contribution in [2.75, 3.05) is 0 Å². The Hall–Kier alpha value is -1.61. The minimum Gasteiger partial charge on any atom is -0.326 e. The Kier molecular flexibility index (Phi) is 3.82. The van der Waals surface area contributed by atoms with Gasteiger partial charge in [0, 0.05) is 18.2 Å². The summed E-state index contributed by atoms with van der Waals surface area (Å²) >= 11 is 0. The van der Waals surface area contributed by atoms with E-state index in [2.05, 4.69) is 13.8 Å². The van der Waals surface area contributed by atoms with E-state index < -0.39 is 0 Å². The molecule has 1 aromatic heterocycles. The number of nitrogens with two attached hydrogens (primary N) is 1. The highest BCUT2D eigenvalue weighted by Crippen LogP contribution is 2.21. The lowest BCUT2D eigenvalue weighted by atomic mass is 10.1. The van der Waals surface area contributed by atoms with Crippen LogP contribution < -0.4 is 11.3 Å². The molecule has 96 valence electrons. The van der Waals surface area contributed by atoms with Crippen molar-refractivity contribution in [3.8, 4) is 0 Å². The van der Waals surface area contributed by atoms with E-state index in [1.54, 1.807) is 0 Å². The van der Waals surface area contributed by atoms with Crippen molar-refractivity contribution in [2.24, 2.45) is 5.73 Å². The quantitative estimate of drug-likeness (QED) is 0.899. The zero-order valence-electron chi connectivity index (χ0n) is 11.0.